The van der Waals surface area contributed by atoms with Crippen molar-refractivity contribution in [3.63, 3.8) is 0 Å². The Hall–Kier alpha value is -3.72. The number of halogens is 4. The lowest BCUT2D eigenvalue weighted by molar-refractivity contribution is -0.201. The molecule has 0 saturated heterocycles. The van der Waals surface area contributed by atoms with Gasteiger partial charge in [-0.05, 0) is 44.5 Å². The normalized spacial score (nSPS) is 13.1. The number of aliphatic hydroxyl groups is 1. The zero-order valence-electron chi connectivity index (χ0n) is 18.0. The van der Waals surface area contributed by atoms with Gasteiger partial charge >= 0.3 is 6.18 Å². The Balaban J connectivity index is 2.39. The monoisotopic (exact) mass is 468 g/mol. The largest absolute Gasteiger partial charge is 0.413 e. The van der Waals surface area contributed by atoms with Crippen molar-refractivity contribution in [1.29, 1.82) is 5.26 Å². The van der Waals surface area contributed by atoms with E-state index in [-0.39, 0.29) is 33.8 Å². The molecule has 33 heavy (non-hydrogen) atoms. The van der Waals surface area contributed by atoms with Crippen molar-refractivity contribution < 1.29 is 37.1 Å². The van der Waals surface area contributed by atoms with E-state index >= 15 is 0 Å². The summed E-state index contributed by atoms with van der Waals surface area (Å²) in [5.41, 5.74) is -3.47. The lowest BCUT2D eigenvalue weighted by Gasteiger charge is -2.30. The summed E-state index contributed by atoms with van der Waals surface area (Å²) in [5, 5.41) is 22.0. The van der Waals surface area contributed by atoms with Gasteiger partial charge in [0.05, 0.1) is 17.7 Å². The molecule has 0 fully saturated rings. The number of anilines is 1. The Morgan fingerprint density at radius 1 is 1.21 bits per heavy atom. The van der Waals surface area contributed by atoms with Gasteiger partial charge in [-0.15, -0.1) is 0 Å². The van der Waals surface area contributed by atoms with Crippen LogP contribution < -0.4 is 10.6 Å². The molecule has 1 aromatic heterocycles. The van der Waals surface area contributed by atoms with Gasteiger partial charge in [0.15, 0.2) is 5.54 Å². The number of nitrogens with one attached hydrogen (secondary N) is 2. The van der Waals surface area contributed by atoms with Gasteiger partial charge in [0.1, 0.15) is 17.6 Å². The number of rotatable bonds is 6. The second-order valence-electron chi connectivity index (χ2n) is 7.52. The summed E-state index contributed by atoms with van der Waals surface area (Å²) in [6.45, 7) is 1.77. The molecule has 0 aliphatic heterocycles. The molecule has 0 aliphatic rings. The molecule has 12 heteroatoms. The van der Waals surface area contributed by atoms with Crippen LogP contribution in [0.3, 0.4) is 0 Å². The fourth-order valence-electron chi connectivity index (χ4n) is 3.13. The van der Waals surface area contributed by atoms with E-state index in [1.165, 1.54) is 36.8 Å². The highest BCUT2D eigenvalue weighted by atomic mass is 19.4. The highest BCUT2D eigenvalue weighted by molar-refractivity contribution is 6.43. The van der Waals surface area contributed by atoms with E-state index in [0.717, 1.165) is 12.1 Å². The number of carbonyl (C=O) groups excluding carboxylic acids is 3. The van der Waals surface area contributed by atoms with Gasteiger partial charge in [-0.1, -0.05) is 0 Å². The van der Waals surface area contributed by atoms with Gasteiger partial charge < -0.3 is 20.3 Å². The van der Waals surface area contributed by atoms with Crippen molar-refractivity contribution in [3.05, 3.63) is 52.1 Å². The van der Waals surface area contributed by atoms with Crippen LogP contribution in [0.4, 0.5) is 23.2 Å². The zero-order valence-corrected chi connectivity index (χ0v) is 18.0. The minimum atomic E-state index is -5.03. The molecule has 2 amide bonds. The van der Waals surface area contributed by atoms with Crippen molar-refractivity contribution in [2.45, 2.75) is 32.5 Å². The van der Waals surface area contributed by atoms with Crippen LogP contribution in [0, 0.1) is 31.0 Å². The van der Waals surface area contributed by atoms with Crippen LogP contribution in [0.25, 0.3) is 0 Å². The molecule has 0 spiro atoms. The Labute approximate surface area is 185 Å². The first-order chi connectivity index (χ1) is 15.2. The number of ketones is 1. The number of nitrogens with zero attached hydrogens (tertiary/aromatic N) is 2. The summed E-state index contributed by atoms with van der Waals surface area (Å²) in [6, 6.07) is 4.92. The van der Waals surface area contributed by atoms with Crippen molar-refractivity contribution >= 4 is 23.3 Å². The van der Waals surface area contributed by atoms with E-state index in [9.17, 15) is 31.9 Å². The molecule has 2 rings (SSSR count). The highest BCUT2D eigenvalue weighted by Crippen LogP contribution is 2.30. The summed E-state index contributed by atoms with van der Waals surface area (Å²) in [7, 11) is 1.41. The summed E-state index contributed by atoms with van der Waals surface area (Å²) in [4.78, 5) is 37.8. The Morgan fingerprint density at radius 3 is 2.33 bits per heavy atom. The minimum Gasteiger partial charge on any atom is -0.394 e. The number of aromatic nitrogens is 1. The molecule has 1 heterocycles. The minimum absolute atomic E-state index is 0.0213. The Bertz CT molecular complexity index is 1180. The summed E-state index contributed by atoms with van der Waals surface area (Å²) in [5.74, 6) is -4.47. The van der Waals surface area contributed by atoms with Gasteiger partial charge in [0.25, 0.3) is 17.6 Å². The number of hydrogen-bond donors (Lipinski definition) is 3. The molecule has 0 bridgehead atoms. The van der Waals surface area contributed by atoms with E-state index in [1.54, 1.807) is 6.07 Å². The average Bonchev–Trinajstić information content (AvgIpc) is 2.96. The van der Waals surface area contributed by atoms with Crippen molar-refractivity contribution in [3.8, 4) is 6.07 Å². The smallest absolute Gasteiger partial charge is 0.394 e. The first kappa shape index (κ1) is 25.5. The van der Waals surface area contributed by atoms with Gasteiger partial charge in [-0.2, -0.15) is 18.4 Å². The number of nitriles is 1. The molecule has 1 unspecified atom stereocenters. The molecule has 176 valence electrons. The standard InChI is InChI=1S/C21H20F4N4O4/c1-10-15(17(31)19(33)28-20(3,9-30)21(23,24)25)11(2)29(4)16(10)18(32)27-13-5-6-14(22)12(7-13)8-26/h5-7,30H,9H2,1-4H3,(H,27,32)(H,28,33). The van der Waals surface area contributed by atoms with Gasteiger partial charge in [-0.25, -0.2) is 4.39 Å². The molecule has 3 N–H and O–H groups in total. The van der Waals surface area contributed by atoms with Crippen LogP contribution in [0.2, 0.25) is 0 Å². The number of alkyl halides is 3. The fraction of sp³-hybridized carbons (Fsp3) is 0.333. The number of aliphatic hydroxyl groups excluding tert-OH is 1. The third kappa shape index (κ3) is 4.73. The fourth-order valence-corrected chi connectivity index (χ4v) is 3.13. The van der Waals surface area contributed by atoms with E-state index in [1.807, 2.05) is 0 Å². The lowest BCUT2D eigenvalue weighted by atomic mass is 10.0. The zero-order chi connectivity index (χ0) is 25.3. The SMILES string of the molecule is Cc1c(C(=O)C(=O)NC(C)(CO)C(F)(F)F)c(C)n(C)c1C(=O)Nc1ccc(F)c(C#N)c1. The van der Waals surface area contributed by atoms with E-state index in [2.05, 4.69) is 5.32 Å². The predicted molar refractivity (Wildman–Crippen MR) is 108 cm³/mol. The lowest BCUT2D eigenvalue weighted by Crippen LogP contribution is -2.60. The molecule has 0 saturated carbocycles. The number of hydrogen-bond acceptors (Lipinski definition) is 5. The number of amides is 2. The van der Waals surface area contributed by atoms with Gasteiger partial charge in [0.2, 0.25) is 0 Å². The summed E-state index contributed by atoms with van der Waals surface area (Å²) < 4.78 is 54.3. The molecule has 8 nitrogen and oxygen atoms in total. The van der Waals surface area contributed by atoms with Crippen molar-refractivity contribution in [2.24, 2.45) is 7.05 Å². The third-order valence-corrected chi connectivity index (χ3v) is 5.25. The molecule has 0 aliphatic carbocycles. The van der Waals surface area contributed by atoms with Crippen molar-refractivity contribution in [1.82, 2.24) is 9.88 Å². The van der Waals surface area contributed by atoms with Crippen LogP contribution in [0.1, 0.15) is 44.6 Å². The maximum absolute atomic E-state index is 13.5. The summed E-state index contributed by atoms with van der Waals surface area (Å²) >= 11 is 0. The van der Waals surface area contributed by atoms with Crippen LogP contribution in [0.5, 0.6) is 0 Å². The topological polar surface area (TPSA) is 124 Å². The Kier molecular flexibility index (Phi) is 6.99. The van der Waals surface area contributed by atoms with Crippen molar-refractivity contribution in [2.75, 3.05) is 11.9 Å². The second-order valence-corrected chi connectivity index (χ2v) is 7.52. The maximum atomic E-state index is 13.5. The molecular weight excluding hydrogens is 448 g/mol. The molecule has 2 aromatic rings. The number of benzene rings is 1. The first-order valence-electron chi connectivity index (χ1n) is 9.39. The quantitative estimate of drug-likeness (QED) is 0.342. The average molecular weight is 468 g/mol. The highest BCUT2D eigenvalue weighted by Gasteiger charge is 2.52. The maximum Gasteiger partial charge on any atom is 0.413 e. The van der Waals surface area contributed by atoms with Gasteiger partial charge in [0, 0.05) is 18.4 Å². The van der Waals surface area contributed by atoms with E-state index in [0.29, 0.717) is 6.92 Å². The van der Waals surface area contributed by atoms with Gasteiger partial charge in [-0.3, -0.25) is 14.4 Å². The molecular formula is C21H20F4N4O4. The molecule has 1 atom stereocenters. The van der Waals surface area contributed by atoms with Crippen LogP contribution in [-0.4, -0.2) is 45.6 Å². The first-order valence-corrected chi connectivity index (χ1v) is 9.39. The van der Waals surface area contributed by atoms with Crippen LogP contribution in [-0.2, 0) is 11.8 Å². The van der Waals surface area contributed by atoms with Crippen LogP contribution in [0.15, 0.2) is 18.2 Å². The predicted octanol–water partition coefficient (Wildman–Crippen LogP) is 2.52. The van der Waals surface area contributed by atoms with E-state index < -0.39 is 41.7 Å². The second kappa shape index (κ2) is 9.03. The third-order valence-electron chi connectivity index (χ3n) is 5.25. The Morgan fingerprint density at radius 2 is 1.82 bits per heavy atom. The number of carbonyl (C=O) groups is 3. The number of Topliss-reactive ketones (excluding diaryl/α,β-unsaturated/α-hetero) is 1. The van der Waals surface area contributed by atoms with E-state index in [4.69, 9.17) is 10.4 Å². The van der Waals surface area contributed by atoms with Crippen LogP contribution >= 0.6 is 0 Å². The molecule has 0 radical (unpaired) electrons. The summed E-state index contributed by atoms with van der Waals surface area (Å²) in [6.07, 6.45) is -5.03. The molecule has 1 aromatic carbocycles.